The lowest BCUT2D eigenvalue weighted by Gasteiger charge is -2.11. The second kappa shape index (κ2) is 5.41. The smallest absolute Gasteiger partial charge is 0.262 e. The molecule has 6 nitrogen and oxygen atoms in total. The molecule has 21 heavy (non-hydrogen) atoms. The van der Waals surface area contributed by atoms with Crippen molar-refractivity contribution in [2.24, 2.45) is 5.73 Å². The van der Waals surface area contributed by atoms with Crippen LogP contribution < -0.4 is 16.2 Å². The van der Waals surface area contributed by atoms with Crippen molar-refractivity contribution in [3.8, 4) is 0 Å². The number of hydrogen-bond donors (Lipinski definition) is 3. The first-order chi connectivity index (χ1) is 9.81. The minimum atomic E-state index is -4.06. The number of primary amides is 1. The molecule has 0 saturated heterocycles. The van der Waals surface area contributed by atoms with Crippen LogP contribution >= 0.6 is 0 Å². The van der Waals surface area contributed by atoms with Gasteiger partial charge in [0.05, 0.1) is 21.8 Å². The first kappa shape index (κ1) is 14.8. The Morgan fingerprint density at radius 3 is 2.43 bits per heavy atom. The number of para-hydroxylation sites is 1. The zero-order chi connectivity index (χ0) is 15.6. The molecule has 0 aliphatic rings. The van der Waals surface area contributed by atoms with Gasteiger partial charge in [-0.2, -0.15) is 0 Å². The lowest BCUT2D eigenvalue weighted by molar-refractivity contribution is 0.100. The Kier molecular flexibility index (Phi) is 3.81. The van der Waals surface area contributed by atoms with Gasteiger partial charge in [-0.05, 0) is 30.3 Å². The fourth-order valence-corrected chi connectivity index (χ4v) is 2.76. The highest BCUT2D eigenvalue weighted by molar-refractivity contribution is 7.92. The van der Waals surface area contributed by atoms with E-state index in [1.165, 1.54) is 18.2 Å². The highest BCUT2D eigenvalue weighted by Crippen LogP contribution is 2.21. The van der Waals surface area contributed by atoms with E-state index in [4.69, 9.17) is 11.5 Å². The third-order valence-electron chi connectivity index (χ3n) is 2.72. The molecule has 2 rings (SSSR count). The Bertz CT molecular complexity index is 806. The maximum atomic E-state index is 13.4. The maximum absolute atomic E-state index is 13.4. The van der Waals surface area contributed by atoms with E-state index in [-0.39, 0.29) is 21.8 Å². The Labute approximate surface area is 120 Å². The van der Waals surface area contributed by atoms with Crippen LogP contribution in [-0.2, 0) is 10.0 Å². The average molecular weight is 309 g/mol. The zero-order valence-corrected chi connectivity index (χ0v) is 11.5. The van der Waals surface area contributed by atoms with E-state index in [9.17, 15) is 17.6 Å². The Morgan fingerprint density at radius 1 is 1.14 bits per heavy atom. The predicted molar refractivity (Wildman–Crippen MR) is 76.6 cm³/mol. The van der Waals surface area contributed by atoms with Gasteiger partial charge in [0.2, 0.25) is 0 Å². The fourth-order valence-electron chi connectivity index (χ4n) is 1.67. The monoisotopic (exact) mass is 309 g/mol. The molecule has 2 aromatic rings. The van der Waals surface area contributed by atoms with Crippen LogP contribution in [0.4, 0.5) is 15.8 Å². The first-order valence-corrected chi connectivity index (χ1v) is 7.26. The van der Waals surface area contributed by atoms with Crippen LogP contribution in [0, 0.1) is 5.82 Å². The van der Waals surface area contributed by atoms with E-state index >= 15 is 0 Å². The SMILES string of the molecule is NC(=O)c1ccccc1NS(=O)(=O)c1ccc(N)c(F)c1. The zero-order valence-electron chi connectivity index (χ0n) is 10.7. The highest BCUT2D eigenvalue weighted by atomic mass is 32.2. The normalized spacial score (nSPS) is 11.1. The third kappa shape index (κ3) is 3.11. The standard InChI is InChI=1S/C13H12FN3O3S/c14-10-7-8(5-6-11(10)15)21(19,20)17-12-4-2-1-3-9(12)13(16)18/h1-7,17H,15H2,(H2,16,18). The second-order valence-corrected chi connectivity index (χ2v) is 5.88. The molecular formula is C13H12FN3O3S. The molecule has 0 saturated carbocycles. The van der Waals surface area contributed by atoms with Gasteiger partial charge in [-0.3, -0.25) is 9.52 Å². The Morgan fingerprint density at radius 2 is 1.81 bits per heavy atom. The summed E-state index contributed by atoms with van der Waals surface area (Å²) >= 11 is 0. The van der Waals surface area contributed by atoms with Gasteiger partial charge in [-0.1, -0.05) is 12.1 Å². The molecule has 1 amide bonds. The molecule has 0 unspecified atom stereocenters. The summed E-state index contributed by atoms with van der Waals surface area (Å²) < 4.78 is 39.9. The molecule has 0 aliphatic heterocycles. The molecule has 0 spiro atoms. The quantitative estimate of drug-likeness (QED) is 0.738. The van der Waals surface area contributed by atoms with E-state index in [0.29, 0.717) is 0 Å². The van der Waals surface area contributed by atoms with Crippen LogP contribution in [0.5, 0.6) is 0 Å². The van der Waals surface area contributed by atoms with Crippen molar-refractivity contribution in [3.05, 3.63) is 53.8 Å². The van der Waals surface area contributed by atoms with E-state index in [2.05, 4.69) is 4.72 Å². The van der Waals surface area contributed by atoms with Crippen molar-refractivity contribution in [2.75, 3.05) is 10.5 Å². The minimum absolute atomic E-state index is 0.0111. The highest BCUT2D eigenvalue weighted by Gasteiger charge is 2.18. The van der Waals surface area contributed by atoms with Gasteiger partial charge >= 0.3 is 0 Å². The van der Waals surface area contributed by atoms with Gasteiger partial charge in [-0.25, -0.2) is 12.8 Å². The molecule has 5 N–H and O–H groups in total. The number of benzene rings is 2. The van der Waals surface area contributed by atoms with Crippen molar-refractivity contribution in [2.45, 2.75) is 4.90 Å². The van der Waals surface area contributed by atoms with Crippen LogP contribution in [0.25, 0.3) is 0 Å². The Balaban J connectivity index is 2.42. The molecule has 0 aliphatic carbocycles. The summed E-state index contributed by atoms with van der Waals surface area (Å²) in [5, 5.41) is 0. The average Bonchev–Trinajstić information content (AvgIpc) is 2.41. The van der Waals surface area contributed by atoms with Crippen molar-refractivity contribution in [1.29, 1.82) is 0 Å². The van der Waals surface area contributed by atoms with Crippen LogP contribution in [0.3, 0.4) is 0 Å². The third-order valence-corrected chi connectivity index (χ3v) is 4.08. The molecular weight excluding hydrogens is 297 g/mol. The van der Waals surface area contributed by atoms with Crippen LogP contribution in [0.15, 0.2) is 47.4 Å². The minimum Gasteiger partial charge on any atom is -0.396 e. The van der Waals surface area contributed by atoms with E-state index < -0.39 is 21.7 Å². The van der Waals surface area contributed by atoms with Crippen LogP contribution in [0.1, 0.15) is 10.4 Å². The van der Waals surface area contributed by atoms with Crippen LogP contribution in [-0.4, -0.2) is 14.3 Å². The fraction of sp³-hybridized carbons (Fsp3) is 0. The van der Waals surface area contributed by atoms with Gasteiger partial charge in [0.25, 0.3) is 15.9 Å². The number of carbonyl (C=O) groups excluding carboxylic acids is 1. The van der Waals surface area contributed by atoms with Crippen LogP contribution in [0.2, 0.25) is 0 Å². The van der Waals surface area contributed by atoms with Gasteiger partial charge in [-0.15, -0.1) is 0 Å². The van der Waals surface area contributed by atoms with E-state index in [1.54, 1.807) is 6.07 Å². The van der Waals surface area contributed by atoms with Crippen molar-refractivity contribution in [1.82, 2.24) is 0 Å². The van der Waals surface area contributed by atoms with E-state index in [1.807, 2.05) is 0 Å². The molecule has 110 valence electrons. The van der Waals surface area contributed by atoms with Crippen molar-refractivity contribution < 1.29 is 17.6 Å². The maximum Gasteiger partial charge on any atom is 0.262 e. The predicted octanol–water partition coefficient (Wildman–Crippen LogP) is 1.31. The summed E-state index contributed by atoms with van der Waals surface area (Å²) in [6.45, 7) is 0. The summed E-state index contributed by atoms with van der Waals surface area (Å²) in [7, 11) is -4.06. The number of hydrogen-bond acceptors (Lipinski definition) is 4. The summed E-state index contributed by atoms with van der Waals surface area (Å²) in [5.41, 5.74) is 10.3. The number of rotatable bonds is 4. The van der Waals surface area contributed by atoms with Gasteiger partial charge in [0, 0.05) is 0 Å². The molecule has 0 fully saturated rings. The number of carbonyl (C=O) groups is 1. The molecule has 0 radical (unpaired) electrons. The molecule has 8 heteroatoms. The second-order valence-electron chi connectivity index (χ2n) is 4.20. The van der Waals surface area contributed by atoms with Crippen molar-refractivity contribution >= 4 is 27.3 Å². The topological polar surface area (TPSA) is 115 Å². The number of sulfonamides is 1. The summed E-state index contributed by atoms with van der Waals surface area (Å²) in [5.74, 6) is -1.63. The number of anilines is 2. The Hall–Kier alpha value is -2.61. The molecule has 0 atom stereocenters. The van der Waals surface area contributed by atoms with E-state index in [0.717, 1.165) is 18.2 Å². The lowest BCUT2D eigenvalue weighted by Crippen LogP contribution is -2.18. The number of nitrogen functional groups attached to an aromatic ring is 1. The molecule has 0 heterocycles. The summed E-state index contributed by atoms with van der Waals surface area (Å²) in [4.78, 5) is 10.9. The number of nitrogens with one attached hydrogen (secondary N) is 1. The molecule has 0 bridgehead atoms. The van der Waals surface area contributed by atoms with Crippen molar-refractivity contribution in [3.63, 3.8) is 0 Å². The number of halogens is 1. The molecule has 2 aromatic carbocycles. The van der Waals surface area contributed by atoms with Gasteiger partial charge in [0.1, 0.15) is 5.82 Å². The van der Waals surface area contributed by atoms with Gasteiger partial charge in [0.15, 0.2) is 0 Å². The first-order valence-electron chi connectivity index (χ1n) is 5.78. The summed E-state index contributed by atoms with van der Waals surface area (Å²) in [6.07, 6.45) is 0. The lowest BCUT2D eigenvalue weighted by atomic mass is 10.2. The van der Waals surface area contributed by atoms with Gasteiger partial charge < -0.3 is 11.5 Å². The summed E-state index contributed by atoms with van der Waals surface area (Å²) in [6, 6.07) is 8.94. The number of nitrogens with two attached hydrogens (primary N) is 2. The molecule has 0 aromatic heterocycles. The largest absolute Gasteiger partial charge is 0.396 e. The number of amides is 1.